The lowest BCUT2D eigenvalue weighted by Crippen LogP contribution is -2.48. The number of rotatable bonds is 6. The van der Waals surface area contributed by atoms with Crippen LogP contribution in [0.1, 0.15) is 43.9 Å². The second-order valence-electron chi connectivity index (χ2n) is 6.34. The monoisotopic (exact) mass is 346 g/mol. The van der Waals surface area contributed by atoms with Gasteiger partial charge in [0.05, 0.1) is 31.9 Å². The minimum Gasteiger partial charge on any atom is -0.466 e. The number of allylic oxidation sites excluding steroid dienone is 1. The van der Waals surface area contributed by atoms with E-state index in [4.69, 9.17) is 9.47 Å². The fraction of sp³-hybridized carbons (Fsp3) is 0.474. The van der Waals surface area contributed by atoms with E-state index in [1.165, 1.54) is 17.6 Å². The Balaban J connectivity index is 2.43. The Bertz CT molecular complexity index is 665. The molecule has 0 saturated heterocycles. The van der Waals surface area contributed by atoms with Crippen LogP contribution in [0.4, 0.5) is 4.79 Å². The first-order chi connectivity index (χ1) is 11.9. The lowest BCUT2D eigenvalue weighted by atomic mass is 9.92. The largest absolute Gasteiger partial charge is 0.466 e. The molecule has 0 aromatic heterocycles. The highest BCUT2D eigenvalue weighted by molar-refractivity contribution is 5.95. The average molecular weight is 346 g/mol. The maximum atomic E-state index is 12.5. The van der Waals surface area contributed by atoms with Crippen LogP contribution in [0.5, 0.6) is 0 Å². The van der Waals surface area contributed by atoms with Crippen molar-refractivity contribution in [3.8, 4) is 0 Å². The van der Waals surface area contributed by atoms with Gasteiger partial charge in [0.15, 0.2) is 0 Å². The molecule has 1 aromatic carbocycles. The number of hydrogen-bond acceptors (Lipinski definition) is 4. The van der Waals surface area contributed by atoms with Crippen molar-refractivity contribution in [1.82, 2.24) is 10.2 Å². The fourth-order valence-electron chi connectivity index (χ4n) is 2.93. The van der Waals surface area contributed by atoms with Gasteiger partial charge < -0.3 is 14.8 Å². The van der Waals surface area contributed by atoms with E-state index in [1.54, 1.807) is 14.0 Å². The second-order valence-corrected chi connectivity index (χ2v) is 6.34. The summed E-state index contributed by atoms with van der Waals surface area (Å²) in [7, 11) is 2.92. The lowest BCUT2D eigenvalue weighted by Gasteiger charge is -2.35. The molecule has 0 saturated carbocycles. The molecular weight excluding hydrogens is 320 g/mol. The number of benzene rings is 1. The van der Waals surface area contributed by atoms with Crippen molar-refractivity contribution in [2.45, 2.75) is 32.7 Å². The molecule has 1 heterocycles. The van der Waals surface area contributed by atoms with Crippen molar-refractivity contribution in [3.05, 3.63) is 46.7 Å². The van der Waals surface area contributed by atoms with Gasteiger partial charge in [-0.2, -0.15) is 0 Å². The maximum Gasteiger partial charge on any atom is 0.337 e. The third kappa shape index (κ3) is 4.02. The van der Waals surface area contributed by atoms with Gasteiger partial charge in [-0.1, -0.05) is 38.1 Å². The van der Waals surface area contributed by atoms with Crippen LogP contribution >= 0.6 is 0 Å². The standard InChI is InChI=1S/C19H26N2O4/c1-12(2)14-6-8-15(9-7-14)17-16(18(22)25-5)13(3)21(10-11-24-4)19(23)20-17/h6-9,12,17H,10-11H2,1-5H3,(H,20,23). The number of nitrogens with zero attached hydrogens (tertiary/aromatic N) is 1. The van der Waals surface area contributed by atoms with E-state index < -0.39 is 12.0 Å². The van der Waals surface area contributed by atoms with Gasteiger partial charge in [-0.3, -0.25) is 4.90 Å². The Morgan fingerprint density at radius 2 is 1.88 bits per heavy atom. The predicted octanol–water partition coefficient (Wildman–Crippen LogP) is 2.97. The Morgan fingerprint density at radius 3 is 2.40 bits per heavy atom. The Labute approximate surface area is 148 Å². The number of hydrogen-bond donors (Lipinski definition) is 1. The average Bonchev–Trinajstić information content (AvgIpc) is 2.60. The summed E-state index contributed by atoms with van der Waals surface area (Å²) in [5.74, 6) is -0.0326. The van der Waals surface area contributed by atoms with E-state index in [2.05, 4.69) is 19.2 Å². The van der Waals surface area contributed by atoms with E-state index in [0.717, 1.165) is 5.56 Å². The molecule has 1 aliphatic heterocycles. The first kappa shape index (κ1) is 19.0. The van der Waals surface area contributed by atoms with Gasteiger partial charge in [-0.15, -0.1) is 0 Å². The fourth-order valence-corrected chi connectivity index (χ4v) is 2.93. The summed E-state index contributed by atoms with van der Waals surface area (Å²) in [6.07, 6.45) is 0. The van der Waals surface area contributed by atoms with Gasteiger partial charge in [0.2, 0.25) is 0 Å². The zero-order valence-corrected chi connectivity index (χ0v) is 15.5. The van der Waals surface area contributed by atoms with Crippen molar-refractivity contribution in [2.24, 2.45) is 0 Å². The predicted molar refractivity (Wildman–Crippen MR) is 95.1 cm³/mol. The van der Waals surface area contributed by atoms with Gasteiger partial charge in [0.1, 0.15) is 0 Å². The van der Waals surface area contributed by atoms with Crippen LogP contribution < -0.4 is 5.32 Å². The van der Waals surface area contributed by atoms with Gasteiger partial charge in [-0.05, 0) is 24.0 Å². The molecule has 0 radical (unpaired) electrons. The van der Waals surface area contributed by atoms with Crippen LogP contribution in [0, 0.1) is 0 Å². The minimum atomic E-state index is -0.528. The minimum absolute atomic E-state index is 0.250. The van der Waals surface area contributed by atoms with Gasteiger partial charge in [-0.25, -0.2) is 9.59 Å². The Kier molecular flexibility index (Phi) is 6.20. The van der Waals surface area contributed by atoms with Crippen LogP contribution in [0.3, 0.4) is 0 Å². The zero-order chi connectivity index (χ0) is 18.6. The highest BCUT2D eigenvalue weighted by atomic mass is 16.5. The zero-order valence-electron chi connectivity index (χ0n) is 15.5. The lowest BCUT2D eigenvalue weighted by molar-refractivity contribution is -0.136. The summed E-state index contributed by atoms with van der Waals surface area (Å²) < 4.78 is 10.0. The molecule has 136 valence electrons. The summed E-state index contributed by atoms with van der Waals surface area (Å²) in [5, 5.41) is 2.91. The quantitative estimate of drug-likeness (QED) is 0.804. The topological polar surface area (TPSA) is 67.9 Å². The summed E-state index contributed by atoms with van der Waals surface area (Å²) >= 11 is 0. The summed E-state index contributed by atoms with van der Waals surface area (Å²) in [4.78, 5) is 26.4. The third-order valence-electron chi connectivity index (χ3n) is 4.46. The van der Waals surface area contributed by atoms with Crippen LogP contribution in [0.2, 0.25) is 0 Å². The second kappa shape index (κ2) is 8.16. The highest BCUT2D eigenvalue weighted by Crippen LogP contribution is 2.31. The number of methoxy groups -OCH3 is 2. The molecule has 6 heteroatoms. The smallest absolute Gasteiger partial charge is 0.337 e. The van der Waals surface area contributed by atoms with Crippen molar-refractivity contribution in [2.75, 3.05) is 27.4 Å². The third-order valence-corrected chi connectivity index (χ3v) is 4.46. The van der Waals surface area contributed by atoms with Crippen molar-refractivity contribution >= 4 is 12.0 Å². The SMILES string of the molecule is COCCN1C(=O)NC(c2ccc(C(C)C)cc2)C(C(=O)OC)=C1C. The summed E-state index contributed by atoms with van der Waals surface area (Å²) in [5.41, 5.74) is 3.08. The molecule has 2 rings (SSSR count). The highest BCUT2D eigenvalue weighted by Gasteiger charge is 2.36. The van der Waals surface area contributed by atoms with Crippen LogP contribution in [-0.4, -0.2) is 44.3 Å². The van der Waals surface area contributed by atoms with E-state index >= 15 is 0 Å². The van der Waals surface area contributed by atoms with Crippen LogP contribution in [-0.2, 0) is 14.3 Å². The molecule has 1 aliphatic rings. The number of urea groups is 1. The van der Waals surface area contributed by atoms with Crippen molar-refractivity contribution < 1.29 is 19.1 Å². The summed E-state index contributed by atoms with van der Waals surface area (Å²) in [6, 6.07) is 7.16. The molecular formula is C19H26N2O4. The van der Waals surface area contributed by atoms with Gasteiger partial charge in [0.25, 0.3) is 0 Å². The van der Waals surface area contributed by atoms with E-state index in [9.17, 15) is 9.59 Å². The van der Waals surface area contributed by atoms with Crippen molar-refractivity contribution in [1.29, 1.82) is 0 Å². The molecule has 1 aromatic rings. The number of ether oxygens (including phenoxy) is 2. The first-order valence-electron chi connectivity index (χ1n) is 8.36. The molecule has 6 nitrogen and oxygen atoms in total. The van der Waals surface area contributed by atoms with Gasteiger partial charge >= 0.3 is 12.0 Å². The molecule has 0 bridgehead atoms. The van der Waals surface area contributed by atoms with E-state index in [0.29, 0.717) is 30.3 Å². The number of amides is 2. The van der Waals surface area contributed by atoms with E-state index in [-0.39, 0.29) is 6.03 Å². The number of esters is 1. The van der Waals surface area contributed by atoms with E-state index in [1.807, 2.05) is 24.3 Å². The molecule has 0 spiro atoms. The molecule has 25 heavy (non-hydrogen) atoms. The number of carbonyl (C=O) groups is 2. The molecule has 0 fully saturated rings. The first-order valence-corrected chi connectivity index (χ1v) is 8.36. The molecule has 1 atom stereocenters. The summed E-state index contributed by atoms with van der Waals surface area (Å²) in [6.45, 7) is 6.75. The normalized spacial score (nSPS) is 17.8. The molecule has 1 unspecified atom stereocenters. The Hall–Kier alpha value is -2.34. The molecule has 0 aliphatic carbocycles. The molecule has 1 N–H and O–H groups in total. The number of carbonyl (C=O) groups excluding carboxylic acids is 2. The molecule has 2 amide bonds. The maximum absolute atomic E-state index is 12.5. The van der Waals surface area contributed by atoms with Crippen LogP contribution in [0.25, 0.3) is 0 Å². The van der Waals surface area contributed by atoms with Crippen LogP contribution in [0.15, 0.2) is 35.5 Å². The van der Waals surface area contributed by atoms with Gasteiger partial charge in [0, 0.05) is 12.8 Å². The number of nitrogens with one attached hydrogen (secondary N) is 1. The Morgan fingerprint density at radius 1 is 1.24 bits per heavy atom. The van der Waals surface area contributed by atoms with Crippen molar-refractivity contribution in [3.63, 3.8) is 0 Å².